The summed E-state index contributed by atoms with van der Waals surface area (Å²) in [6, 6.07) is 0. The summed E-state index contributed by atoms with van der Waals surface area (Å²) in [5, 5.41) is 12.6. The van der Waals surface area contributed by atoms with Crippen LogP contribution in [0.2, 0.25) is 0 Å². The van der Waals surface area contributed by atoms with Crippen LogP contribution in [0.25, 0.3) is 0 Å². The molecule has 1 aliphatic rings. The number of hydrogen-bond acceptors (Lipinski definition) is 2. The van der Waals surface area contributed by atoms with E-state index in [1.54, 1.807) is 0 Å². The Morgan fingerprint density at radius 1 is 1.58 bits per heavy atom. The lowest BCUT2D eigenvalue weighted by Crippen LogP contribution is -2.28. The molecule has 0 radical (unpaired) electrons. The third-order valence-electron chi connectivity index (χ3n) is 2.34. The van der Waals surface area contributed by atoms with Crippen LogP contribution in [0.1, 0.15) is 33.1 Å². The number of nitrogens with one attached hydrogen (secondary N) is 1. The minimum absolute atomic E-state index is 0.145. The Hall–Kier alpha value is -0.500. The molecule has 0 aromatic rings. The van der Waals surface area contributed by atoms with Crippen LogP contribution in [0.15, 0.2) is 11.8 Å². The molecule has 0 bridgehead atoms. The van der Waals surface area contributed by atoms with E-state index < -0.39 is 0 Å². The maximum atomic E-state index is 9.57. The Bertz CT molecular complexity index is 184. The van der Waals surface area contributed by atoms with Crippen molar-refractivity contribution in [3.63, 3.8) is 0 Å². The molecular weight excluding hydrogens is 150 g/mol. The van der Waals surface area contributed by atoms with Gasteiger partial charge >= 0.3 is 0 Å². The van der Waals surface area contributed by atoms with E-state index >= 15 is 0 Å². The van der Waals surface area contributed by atoms with Crippen LogP contribution in [0.5, 0.6) is 0 Å². The fourth-order valence-corrected chi connectivity index (χ4v) is 2.09. The van der Waals surface area contributed by atoms with Gasteiger partial charge in [-0.1, -0.05) is 19.4 Å². The van der Waals surface area contributed by atoms with Gasteiger partial charge < -0.3 is 10.4 Å². The fourth-order valence-electron chi connectivity index (χ4n) is 2.09. The first-order chi connectivity index (χ1) is 5.53. The van der Waals surface area contributed by atoms with E-state index in [9.17, 15) is 5.11 Å². The zero-order valence-corrected chi connectivity index (χ0v) is 8.22. The van der Waals surface area contributed by atoms with Gasteiger partial charge in [-0.3, -0.25) is 0 Å². The highest BCUT2D eigenvalue weighted by Gasteiger charge is 2.29. The molecular formula is C10H19NO. The first-order valence-electron chi connectivity index (χ1n) is 4.57. The van der Waals surface area contributed by atoms with Crippen molar-refractivity contribution in [1.82, 2.24) is 5.32 Å². The molecule has 70 valence electrons. The minimum atomic E-state index is -0.145. The van der Waals surface area contributed by atoms with Gasteiger partial charge in [0.2, 0.25) is 0 Å². The van der Waals surface area contributed by atoms with Crippen molar-refractivity contribution in [1.29, 1.82) is 0 Å². The van der Waals surface area contributed by atoms with Crippen LogP contribution in [0.3, 0.4) is 0 Å². The monoisotopic (exact) mass is 169 g/mol. The summed E-state index contributed by atoms with van der Waals surface area (Å²) >= 11 is 0. The van der Waals surface area contributed by atoms with E-state index in [-0.39, 0.29) is 11.5 Å². The fraction of sp³-hybridized carbons (Fsp3) is 0.800. The summed E-state index contributed by atoms with van der Waals surface area (Å²) in [4.78, 5) is 0. The maximum Gasteiger partial charge on any atom is 0.0583 e. The van der Waals surface area contributed by atoms with Crippen molar-refractivity contribution in [2.24, 2.45) is 5.41 Å². The van der Waals surface area contributed by atoms with Crippen molar-refractivity contribution in [2.45, 2.75) is 39.2 Å². The van der Waals surface area contributed by atoms with Gasteiger partial charge in [-0.05, 0) is 30.9 Å². The number of aliphatic hydroxyl groups excluding tert-OH is 1. The average Bonchev–Trinajstić information content (AvgIpc) is 1.82. The highest BCUT2D eigenvalue weighted by atomic mass is 16.3. The smallest absolute Gasteiger partial charge is 0.0583 e. The Labute approximate surface area is 74.7 Å². The lowest BCUT2D eigenvalue weighted by atomic mass is 9.74. The zero-order valence-electron chi connectivity index (χ0n) is 8.22. The Morgan fingerprint density at radius 2 is 2.25 bits per heavy atom. The van der Waals surface area contributed by atoms with E-state index in [2.05, 4.69) is 19.2 Å². The van der Waals surface area contributed by atoms with Crippen molar-refractivity contribution in [3.8, 4) is 0 Å². The summed E-state index contributed by atoms with van der Waals surface area (Å²) in [5.41, 5.74) is 1.60. The predicted molar refractivity (Wildman–Crippen MR) is 50.8 cm³/mol. The number of hydrogen-bond donors (Lipinski definition) is 2. The molecule has 2 heteroatoms. The molecule has 1 fully saturated rings. The molecule has 1 unspecified atom stereocenters. The summed E-state index contributed by atoms with van der Waals surface area (Å²) in [7, 11) is 1.90. The second kappa shape index (κ2) is 3.48. The first-order valence-corrected chi connectivity index (χ1v) is 4.57. The van der Waals surface area contributed by atoms with Gasteiger partial charge in [0, 0.05) is 7.05 Å². The molecule has 2 N–H and O–H groups in total. The van der Waals surface area contributed by atoms with Crippen LogP contribution in [0.4, 0.5) is 0 Å². The summed E-state index contributed by atoms with van der Waals surface area (Å²) in [6.45, 7) is 4.41. The third kappa shape index (κ3) is 2.52. The Kier molecular flexibility index (Phi) is 2.78. The van der Waals surface area contributed by atoms with Gasteiger partial charge in [0.25, 0.3) is 0 Å². The summed E-state index contributed by atoms with van der Waals surface area (Å²) in [6.07, 6.45) is 4.74. The van der Waals surface area contributed by atoms with Crippen LogP contribution >= 0.6 is 0 Å². The maximum absolute atomic E-state index is 9.57. The van der Waals surface area contributed by atoms with Crippen LogP contribution in [-0.4, -0.2) is 18.3 Å². The normalized spacial score (nSPS) is 32.0. The van der Waals surface area contributed by atoms with Crippen LogP contribution in [-0.2, 0) is 0 Å². The number of rotatable bonds is 1. The molecule has 2 nitrogen and oxygen atoms in total. The SMILES string of the molecule is CN/C=C1/CC(O)CC(C)(C)C1. The van der Waals surface area contributed by atoms with Crippen molar-refractivity contribution >= 4 is 0 Å². The van der Waals surface area contributed by atoms with Crippen LogP contribution < -0.4 is 5.32 Å². The van der Waals surface area contributed by atoms with Gasteiger partial charge in [0.1, 0.15) is 0 Å². The average molecular weight is 169 g/mol. The Balaban J connectivity index is 2.64. The molecule has 0 amide bonds. The molecule has 1 saturated carbocycles. The molecule has 1 atom stereocenters. The van der Waals surface area contributed by atoms with Gasteiger partial charge in [-0.2, -0.15) is 0 Å². The minimum Gasteiger partial charge on any atom is -0.394 e. The summed E-state index contributed by atoms with van der Waals surface area (Å²) < 4.78 is 0. The predicted octanol–water partition coefficient (Wildman–Crippen LogP) is 1.66. The molecule has 0 aliphatic heterocycles. The van der Waals surface area contributed by atoms with Gasteiger partial charge in [0.15, 0.2) is 0 Å². The van der Waals surface area contributed by atoms with Crippen molar-refractivity contribution in [2.75, 3.05) is 7.05 Å². The topological polar surface area (TPSA) is 32.3 Å². The standard InChI is InChI=1S/C10H19NO/c1-10(2)5-8(7-11-3)4-9(12)6-10/h7,9,11-12H,4-6H2,1-3H3/b8-7-. The van der Waals surface area contributed by atoms with Crippen molar-refractivity contribution < 1.29 is 5.11 Å². The first kappa shape index (κ1) is 9.59. The molecule has 0 aromatic carbocycles. The van der Waals surface area contributed by atoms with E-state index in [4.69, 9.17) is 0 Å². The molecule has 1 rings (SSSR count). The van der Waals surface area contributed by atoms with Gasteiger partial charge in [-0.25, -0.2) is 0 Å². The number of aliphatic hydroxyl groups is 1. The quantitative estimate of drug-likeness (QED) is 0.625. The summed E-state index contributed by atoms with van der Waals surface area (Å²) in [5.74, 6) is 0. The second-order valence-electron chi connectivity index (χ2n) is 4.49. The molecule has 0 heterocycles. The molecule has 0 aromatic heterocycles. The third-order valence-corrected chi connectivity index (χ3v) is 2.34. The van der Waals surface area contributed by atoms with Crippen molar-refractivity contribution in [3.05, 3.63) is 11.8 Å². The highest BCUT2D eigenvalue weighted by Crippen LogP contribution is 2.37. The molecule has 0 spiro atoms. The lowest BCUT2D eigenvalue weighted by molar-refractivity contribution is 0.0903. The van der Waals surface area contributed by atoms with E-state index in [0.29, 0.717) is 0 Å². The van der Waals surface area contributed by atoms with Gasteiger partial charge in [0.05, 0.1) is 6.10 Å². The van der Waals surface area contributed by atoms with E-state index in [0.717, 1.165) is 19.3 Å². The molecule has 1 aliphatic carbocycles. The molecule has 12 heavy (non-hydrogen) atoms. The molecule has 0 saturated heterocycles. The van der Waals surface area contributed by atoms with E-state index in [1.165, 1.54) is 5.57 Å². The zero-order chi connectivity index (χ0) is 9.19. The highest BCUT2D eigenvalue weighted by molar-refractivity contribution is 5.09. The largest absolute Gasteiger partial charge is 0.394 e. The lowest BCUT2D eigenvalue weighted by Gasteiger charge is -2.34. The van der Waals surface area contributed by atoms with Gasteiger partial charge in [-0.15, -0.1) is 0 Å². The second-order valence-corrected chi connectivity index (χ2v) is 4.49. The van der Waals surface area contributed by atoms with Crippen LogP contribution in [0, 0.1) is 5.41 Å². The van der Waals surface area contributed by atoms with E-state index in [1.807, 2.05) is 13.2 Å². The Morgan fingerprint density at radius 3 is 2.75 bits per heavy atom.